The first-order chi connectivity index (χ1) is 12.5. The predicted molar refractivity (Wildman–Crippen MR) is 104 cm³/mol. The van der Waals surface area contributed by atoms with Crippen LogP contribution in [0.15, 0.2) is 24.3 Å². The average Bonchev–Trinajstić information content (AvgIpc) is 3.14. The molecule has 1 heterocycles. The molecular formula is C21H29ClN2O2. The van der Waals surface area contributed by atoms with Crippen molar-refractivity contribution in [2.24, 2.45) is 11.8 Å². The summed E-state index contributed by atoms with van der Waals surface area (Å²) in [6.07, 6.45) is 7.18. The number of nitrogens with zero attached hydrogens (tertiary/aromatic N) is 1. The summed E-state index contributed by atoms with van der Waals surface area (Å²) in [5.41, 5.74) is 1.11. The zero-order chi connectivity index (χ0) is 18.5. The summed E-state index contributed by atoms with van der Waals surface area (Å²) in [7, 11) is 0. The molecule has 0 radical (unpaired) electrons. The minimum atomic E-state index is 0.0565. The summed E-state index contributed by atoms with van der Waals surface area (Å²) in [6, 6.07) is 7.95. The molecule has 2 fully saturated rings. The van der Waals surface area contributed by atoms with E-state index < -0.39 is 0 Å². The first-order valence-electron chi connectivity index (χ1n) is 9.83. The van der Waals surface area contributed by atoms with Gasteiger partial charge in [-0.15, -0.1) is 0 Å². The van der Waals surface area contributed by atoms with Gasteiger partial charge in [-0.05, 0) is 55.2 Å². The van der Waals surface area contributed by atoms with Gasteiger partial charge in [0.1, 0.15) is 0 Å². The molecule has 0 bridgehead atoms. The van der Waals surface area contributed by atoms with E-state index in [0.29, 0.717) is 18.3 Å². The number of amides is 2. The summed E-state index contributed by atoms with van der Waals surface area (Å²) >= 11 is 6.18. The fraction of sp³-hybridized carbons (Fsp3) is 0.619. The molecule has 1 aromatic carbocycles. The smallest absolute Gasteiger partial charge is 0.220 e. The normalized spacial score (nSPS) is 20.2. The van der Waals surface area contributed by atoms with Crippen LogP contribution >= 0.6 is 11.6 Å². The molecule has 1 aliphatic heterocycles. The predicted octanol–water partition coefficient (Wildman–Crippen LogP) is 4.34. The van der Waals surface area contributed by atoms with Crippen LogP contribution in [0.2, 0.25) is 5.02 Å². The van der Waals surface area contributed by atoms with Gasteiger partial charge >= 0.3 is 0 Å². The number of hydrogen-bond acceptors (Lipinski definition) is 2. The van der Waals surface area contributed by atoms with Crippen molar-refractivity contribution >= 4 is 23.4 Å². The van der Waals surface area contributed by atoms with E-state index >= 15 is 0 Å². The lowest BCUT2D eigenvalue weighted by atomic mass is 9.90. The quantitative estimate of drug-likeness (QED) is 0.831. The van der Waals surface area contributed by atoms with Crippen LogP contribution in [0, 0.1) is 11.8 Å². The molecule has 0 unspecified atom stereocenters. The topological polar surface area (TPSA) is 49.4 Å². The minimum Gasteiger partial charge on any atom is -0.349 e. The van der Waals surface area contributed by atoms with E-state index in [9.17, 15) is 9.59 Å². The monoisotopic (exact) mass is 376 g/mol. The maximum absolute atomic E-state index is 12.7. The minimum absolute atomic E-state index is 0.0565. The van der Waals surface area contributed by atoms with Crippen LogP contribution < -0.4 is 5.32 Å². The van der Waals surface area contributed by atoms with Crippen LogP contribution in [0.4, 0.5) is 0 Å². The van der Waals surface area contributed by atoms with Crippen LogP contribution in [-0.4, -0.2) is 29.8 Å². The molecule has 4 nitrogen and oxygen atoms in total. The lowest BCUT2D eigenvalue weighted by Crippen LogP contribution is -2.39. The zero-order valence-corrected chi connectivity index (χ0v) is 16.3. The Kier molecular flexibility index (Phi) is 6.58. The summed E-state index contributed by atoms with van der Waals surface area (Å²) < 4.78 is 0. The molecule has 0 spiro atoms. The molecule has 142 valence electrons. The van der Waals surface area contributed by atoms with Gasteiger partial charge in [-0.2, -0.15) is 0 Å². The van der Waals surface area contributed by atoms with E-state index in [1.54, 1.807) is 6.92 Å². The Hall–Kier alpha value is -1.55. The van der Waals surface area contributed by atoms with Crippen LogP contribution in [0.3, 0.4) is 0 Å². The van der Waals surface area contributed by atoms with Gasteiger partial charge in [0.25, 0.3) is 0 Å². The fourth-order valence-corrected chi connectivity index (χ4v) is 4.61. The SMILES string of the molecule is CC(=O)N1CCC(CC(=O)N[C@@H](c2cccc(Cl)c2)C2CCCC2)CC1. The van der Waals surface area contributed by atoms with Gasteiger partial charge in [0.2, 0.25) is 11.8 Å². The lowest BCUT2D eigenvalue weighted by Gasteiger charge is -2.32. The highest BCUT2D eigenvalue weighted by Gasteiger charge is 2.29. The second-order valence-electron chi connectivity index (χ2n) is 7.80. The fourth-order valence-electron chi connectivity index (χ4n) is 4.41. The van der Waals surface area contributed by atoms with E-state index in [0.717, 1.165) is 49.4 Å². The van der Waals surface area contributed by atoms with Crippen molar-refractivity contribution in [2.45, 2.75) is 57.9 Å². The van der Waals surface area contributed by atoms with Crippen molar-refractivity contribution in [2.75, 3.05) is 13.1 Å². The van der Waals surface area contributed by atoms with Crippen molar-refractivity contribution in [3.8, 4) is 0 Å². The molecule has 1 aromatic rings. The highest BCUT2D eigenvalue weighted by molar-refractivity contribution is 6.30. The van der Waals surface area contributed by atoms with Gasteiger partial charge in [-0.25, -0.2) is 0 Å². The van der Waals surface area contributed by atoms with E-state index in [-0.39, 0.29) is 17.9 Å². The zero-order valence-electron chi connectivity index (χ0n) is 15.5. The average molecular weight is 377 g/mol. The number of piperidine rings is 1. The molecule has 3 rings (SSSR count). The number of carbonyl (C=O) groups is 2. The van der Waals surface area contributed by atoms with Crippen molar-refractivity contribution < 1.29 is 9.59 Å². The molecular weight excluding hydrogens is 348 g/mol. The summed E-state index contributed by atoms with van der Waals surface area (Å²) in [4.78, 5) is 26.0. The Morgan fingerprint density at radius 2 is 1.88 bits per heavy atom. The number of carbonyl (C=O) groups excluding carboxylic acids is 2. The van der Waals surface area contributed by atoms with Crippen LogP contribution in [0.1, 0.15) is 63.5 Å². The van der Waals surface area contributed by atoms with E-state index in [1.807, 2.05) is 23.1 Å². The van der Waals surface area contributed by atoms with E-state index in [4.69, 9.17) is 11.6 Å². The Morgan fingerprint density at radius 3 is 2.50 bits per heavy atom. The number of halogens is 1. The number of benzene rings is 1. The summed E-state index contributed by atoms with van der Waals surface area (Å²) in [5, 5.41) is 4.02. The Balaban J connectivity index is 1.60. The molecule has 1 aliphatic carbocycles. The third kappa shape index (κ3) is 5.00. The maximum Gasteiger partial charge on any atom is 0.220 e. The lowest BCUT2D eigenvalue weighted by molar-refractivity contribution is -0.130. The number of likely N-dealkylation sites (tertiary alicyclic amines) is 1. The second-order valence-corrected chi connectivity index (χ2v) is 8.23. The van der Waals surface area contributed by atoms with E-state index in [1.165, 1.54) is 12.8 Å². The summed E-state index contributed by atoms with van der Waals surface area (Å²) in [6.45, 7) is 3.16. The van der Waals surface area contributed by atoms with Crippen molar-refractivity contribution in [1.82, 2.24) is 10.2 Å². The van der Waals surface area contributed by atoms with Crippen molar-refractivity contribution in [3.05, 3.63) is 34.9 Å². The Labute approximate surface area is 161 Å². The molecule has 1 atom stereocenters. The number of rotatable bonds is 5. The third-order valence-corrected chi connectivity index (χ3v) is 6.16. The molecule has 1 saturated heterocycles. The van der Waals surface area contributed by atoms with Crippen molar-refractivity contribution in [3.63, 3.8) is 0 Å². The first kappa shape index (κ1) is 19.2. The van der Waals surface area contributed by atoms with Gasteiger partial charge in [0.05, 0.1) is 6.04 Å². The van der Waals surface area contributed by atoms with Crippen molar-refractivity contribution in [1.29, 1.82) is 0 Å². The van der Waals surface area contributed by atoms with Gasteiger partial charge in [0, 0.05) is 31.5 Å². The van der Waals surface area contributed by atoms with E-state index in [2.05, 4.69) is 11.4 Å². The highest BCUT2D eigenvalue weighted by atomic mass is 35.5. The summed E-state index contributed by atoms with van der Waals surface area (Å²) in [5.74, 6) is 1.13. The Bertz CT molecular complexity index is 635. The van der Waals surface area contributed by atoms with Crippen LogP contribution in [-0.2, 0) is 9.59 Å². The highest BCUT2D eigenvalue weighted by Crippen LogP contribution is 2.36. The molecule has 26 heavy (non-hydrogen) atoms. The van der Waals surface area contributed by atoms with Gasteiger partial charge < -0.3 is 10.2 Å². The van der Waals surface area contributed by atoms with Crippen LogP contribution in [0.25, 0.3) is 0 Å². The molecule has 5 heteroatoms. The largest absolute Gasteiger partial charge is 0.349 e. The first-order valence-corrected chi connectivity index (χ1v) is 10.2. The molecule has 2 aliphatic rings. The standard InChI is InChI=1S/C21H29ClN2O2/c1-15(25)24-11-9-16(10-12-24)13-20(26)23-21(17-5-2-3-6-17)18-7-4-8-19(22)14-18/h4,7-8,14,16-17,21H,2-3,5-6,9-13H2,1H3,(H,23,26)/t21-/m1/s1. The van der Waals surface area contributed by atoms with Crippen LogP contribution in [0.5, 0.6) is 0 Å². The third-order valence-electron chi connectivity index (χ3n) is 5.93. The second kappa shape index (κ2) is 8.90. The molecule has 1 N–H and O–H groups in total. The molecule has 0 aromatic heterocycles. The molecule has 2 amide bonds. The molecule has 1 saturated carbocycles. The Morgan fingerprint density at radius 1 is 1.19 bits per heavy atom. The maximum atomic E-state index is 12.7. The van der Waals surface area contributed by atoms with Gasteiger partial charge in [0.15, 0.2) is 0 Å². The number of nitrogens with one attached hydrogen (secondary N) is 1. The van der Waals surface area contributed by atoms with Gasteiger partial charge in [-0.3, -0.25) is 9.59 Å². The number of hydrogen-bond donors (Lipinski definition) is 1. The van der Waals surface area contributed by atoms with Gasteiger partial charge in [-0.1, -0.05) is 36.6 Å².